The second kappa shape index (κ2) is 8.69. The average Bonchev–Trinajstić information content (AvgIpc) is 2.70. The van der Waals surface area contributed by atoms with Crippen LogP contribution in [-0.2, 0) is 17.9 Å². The summed E-state index contributed by atoms with van der Waals surface area (Å²) in [6.07, 6.45) is 0.321. The maximum atomic E-state index is 12.8. The second-order valence-electron chi connectivity index (χ2n) is 8.46. The molecule has 30 heavy (non-hydrogen) atoms. The fourth-order valence-electron chi connectivity index (χ4n) is 3.46. The molecule has 6 nitrogen and oxygen atoms in total. The lowest BCUT2D eigenvalue weighted by Crippen LogP contribution is -2.51. The lowest BCUT2D eigenvalue weighted by atomic mass is 9.84. The third-order valence-electron chi connectivity index (χ3n) is 5.88. The van der Waals surface area contributed by atoms with E-state index in [0.29, 0.717) is 25.1 Å². The molecule has 0 aliphatic carbocycles. The van der Waals surface area contributed by atoms with Crippen LogP contribution < -0.4 is 11.1 Å². The second-order valence-corrected chi connectivity index (χ2v) is 8.46. The molecule has 0 fully saturated rings. The minimum absolute atomic E-state index is 0.0469. The maximum Gasteiger partial charge on any atom is 0.251 e. The highest BCUT2D eigenvalue weighted by atomic mass is 16.2. The third-order valence-corrected chi connectivity index (χ3v) is 5.88. The van der Waals surface area contributed by atoms with Crippen molar-refractivity contribution in [2.24, 2.45) is 16.6 Å². The Morgan fingerprint density at radius 2 is 1.90 bits per heavy atom. The number of aryl methyl sites for hydroxylation is 1. The van der Waals surface area contributed by atoms with Gasteiger partial charge < -0.3 is 11.1 Å². The molecular weight excluding hydrogens is 376 g/mol. The number of benzene rings is 2. The predicted octanol–water partition coefficient (Wildman–Crippen LogP) is 3.39. The van der Waals surface area contributed by atoms with E-state index in [2.05, 4.69) is 10.3 Å². The molecule has 1 aliphatic rings. The van der Waals surface area contributed by atoms with Crippen molar-refractivity contribution >= 4 is 17.8 Å². The molecule has 2 aromatic carbocycles. The molecule has 2 amide bonds. The molecule has 2 aromatic rings. The number of nitrogens with zero attached hydrogens (tertiary/aromatic N) is 2. The van der Waals surface area contributed by atoms with Crippen molar-refractivity contribution in [1.29, 1.82) is 0 Å². The van der Waals surface area contributed by atoms with Crippen molar-refractivity contribution in [3.05, 3.63) is 70.8 Å². The van der Waals surface area contributed by atoms with Crippen molar-refractivity contribution in [1.82, 2.24) is 10.2 Å². The van der Waals surface area contributed by atoms with Crippen LogP contribution in [0.15, 0.2) is 53.5 Å². The summed E-state index contributed by atoms with van der Waals surface area (Å²) in [5, 5.41) is 2.96. The number of nitrogens with two attached hydrogens (primary N) is 1. The van der Waals surface area contributed by atoms with Gasteiger partial charge in [0.25, 0.3) is 5.91 Å². The number of rotatable bonds is 6. The van der Waals surface area contributed by atoms with Crippen LogP contribution in [0, 0.1) is 12.8 Å². The number of hydrogen-bond acceptors (Lipinski definition) is 4. The normalized spacial score (nSPS) is 19.0. The molecule has 0 aromatic heterocycles. The van der Waals surface area contributed by atoms with Gasteiger partial charge in [0.1, 0.15) is 0 Å². The first-order chi connectivity index (χ1) is 14.2. The van der Waals surface area contributed by atoms with Crippen molar-refractivity contribution < 1.29 is 9.59 Å². The number of guanidine groups is 1. The van der Waals surface area contributed by atoms with E-state index < -0.39 is 5.54 Å². The van der Waals surface area contributed by atoms with Gasteiger partial charge in [-0.15, -0.1) is 0 Å². The van der Waals surface area contributed by atoms with Crippen LogP contribution in [0.25, 0.3) is 0 Å². The van der Waals surface area contributed by atoms with Gasteiger partial charge in [-0.2, -0.15) is 0 Å². The number of carbonyl (C=O) groups is 2. The molecule has 1 unspecified atom stereocenters. The highest BCUT2D eigenvalue weighted by Gasteiger charge is 2.38. The lowest BCUT2D eigenvalue weighted by Gasteiger charge is -2.37. The predicted molar refractivity (Wildman–Crippen MR) is 119 cm³/mol. The van der Waals surface area contributed by atoms with E-state index in [0.717, 1.165) is 16.7 Å². The quantitative estimate of drug-likeness (QED) is 0.771. The molecule has 6 heteroatoms. The fraction of sp³-hybridized carbons (Fsp3) is 0.375. The monoisotopic (exact) mass is 406 g/mol. The molecule has 3 rings (SSSR count). The summed E-state index contributed by atoms with van der Waals surface area (Å²) in [4.78, 5) is 31.6. The van der Waals surface area contributed by atoms with Crippen LogP contribution in [0.3, 0.4) is 0 Å². The summed E-state index contributed by atoms with van der Waals surface area (Å²) in [5.41, 5.74) is 9.01. The van der Waals surface area contributed by atoms with Gasteiger partial charge in [-0.05, 0) is 42.5 Å². The third kappa shape index (κ3) is 4.70. The molecule has 0 saturated heterocycles. The van der Waals surface area contributed by atoms with Crippen molar-refractivity contribution in [2.45, 2.75) is 52.7 Å². The summed E-state index contributed by atoms with van der Waals surface area (Å²) in [6.45, 7) is 8.70. The van der Waals surface area contributed by atoms with Crippen LogP contribution in [0.1, 0.15) is 54.2 Å². The van der Waals surface area contributed by atoms with E-state index in [-0.39, 0.29) is 23.7 Å². The number of nitrogens with one attached hydrogen (secondary N) is 1. The van der Waals surface area contributed by atoms with E-state index in [1.54, 1.807) is 0 Å². The molecule has 0 bridgehead atoms. The van der Waals surface area contributed by atoms with Gasteiger partial charge in [-0.25, -0.2) is 4.99 Å². The lowest BCUT2D eigenvalue weighted by molar-refractivity contribution is -0.130. The molecule has 0 radical (unpaired) electrons. The largest absolute Gasteiger partial charge is 0.369 e. The minimum Gasteiger partial charge on any atom is -0.369 e. The summed E-state index contributed by atoms with van der Waals surface area (Å²) in [7, 11) is 0. The SMILES string of the molecule is Cc1ccc(CN2C(=O)CC(C)(C(C)C)N=C2N)cc1C(=O)NCc1ccccc1. The number of hydrogen-bond donors (Lipinski definition) is 2. The molecule has 1 heterocycles. The van der Waals surface area contributed by atoms with Gasteiger partial charge in [0.05, 0.1) is 18.5 Å². The Labute approximate surface area is 178 Å². The summed E-state index contributed by atoms with van der Waals surface area (Å²) >= 11 is 0. The Hall–Kier alpha value is -3.15. The van der Waals surface area contributed by atoms with E-state index >= 15 is 0 Å². The van der Waals surface area contributed by atoms with E-state index in [1.807, 2.05) is 76.2 Å². The Morgan fingerprint density at radius 1 is 1.20 bits per heavy atom. The van der Waals surface area contributed by atoms with Crippen LogP contribution >= 0.6 is 0 Å². The van der Waals surface area contributed by atoms with Gasteiger partial charge >= 0.3 is 0 Å². The van der Waals surface area contributed by atoms with Crippen molar-refractivity contribution in [2.75, 3.05) is 0 Å². The molecule has 1 atom stereocenters. The van der Waals surface area contributed by atoms with E-state index in [1.165, 1.54) is 4.90 Å². The first kappa shape index (κ1) is 21.6. The number of carbonyl (C=O) groups excluding carboxylic acids is 2. The standard InChI is InChI=1S/C24H30N4O2/c1-16(2)24(4)13-21(29)28(23(25)27-24)15-19-11-10-17(3)20(12-19)22(30)26-14-18-8-6-5-7-9-18/h5-12,16H,13-15H2,1-4H3,(H2,25,27)(H,26,30). The molecule has 158 valence electrons. The first-order valence-corrected chi connectivity index (χ1v) is 10.3. The van der Waals surface area contributed by atoms with Crippen LogP contribution in [0.2, 0.25) is 0 Å². The zero-order valence-electron chi connectivity index (χ0n) is 18.1. The number of amides is 2. The highest BCUT2D eigenvalue weighted by Crippen LogP contribution is 2.30. The van der Waals surface area contributed by atoms with Gasteiger partial charge in [-0.3, -0.25) is 14.5 Å². The molecule has 0 saturated carbocycles. The maximum absolute atomic E-state index is 12.8. The molecule has 0 spiro atoms. The van der Waals surface area contributed by atoms with Gasteiger partial charge in [0.15, 0.2) is 5.96 Å². The van der Waals surface area contributed by atoms with Crippen LogP contribution in [0.5, 0.6) is 0 Å². The summed E-state index contributed by atoms with van der Waals surface area (Å²) in [5.74, 6) is 0.256. The zero-order chi connectivity index (χ0) is 21.9. The fourth-order valence-corrected chi connectivity index (χ4v) is 3.46. The molecular formula is C24H30N4O2. The minimum atomic E-state index is -0.479. The van der Waals surface area contributed by atoms with Crippen LogP contribution in [-0.4, -0.2) is 28.2 Å². The van der Waals surface area contributed by atoms with E-state index in [4.69, 9.17) is 5.73 Å². The first-order valence-electron chi connectivity index (χ1n) is 10.3. The molecule has 1 aliphatic heterocycles. The van der Waals surface area contributed by atoms with Crippen molar-refractivity contribution in [3.8, 4) is 0 Å². The van der Waals surface area contributed by atoms with Gasteiger partial charge in [0, 0.05) is 12.1 Å². The van der Waals surface area contributed by atoms with E-state index in [9.17, 15) is 9.59 Å². The highest BCUT2D eigenvalue weighted by molar-refractivity contribution is 5.99. The summed E-state index contributed by atoms with van der Waals surface area (Å²) < 4.78 is 0. The Kier molecular flexibility index (Phi) is 6.25. The Bertz CT molecular complexity index is 968. The Balaban J connectivity index is 1.75. The average molecular weight is 407 g/mol. The topological polar surface area (TPSA) is 87.8 Å². The smallest absolute Gasteiger partial charge is 0.251 e. The molecule has 3 N–H and O–H groups in total. The zero-order valence-corrected chi connectivity index (χ0v) is 18.1. The van der Waals surface area contributed by atoms with Gasteiger partial charge in [0.2, 0.25) is 5.91 Å². The van der Waals surface area contributed by atoms with Crippen molar-refractivity contribution in [3.63, 3.8) is 0 Å². The van der Waals surface area contributed by atoms with Gasteiger partial charge in [-0.1, -0.05) is 56.3 Å². The summed E-state index contributed by atoms with van der Waals surface area (Å²) in [6, 6.07) is 15.4. The number of aliphatic imine (C=N–C) groups is 1. The Morgan fingerprint density at radius 3 is 2.53 bits per heavy atom. The van der Waals surface area contributed by atoms with Crippen LogP contribution in [0.4, 0.5) is 0 Å².